The fraction of sp³-hybridized carbons (Fsp3) is 0.118. The number of halogens is 1. The lowest BCUT2D eigenvalue weighted by Gasteiger charge is -2.04. The zero-order chi connectivity index (χ0) is 17.8. The molecule has 0 bridgehead atoms. The van der Waals surface area contributed by atoms with E-state index in [1.54, 1.807) is 49.4 Å². The molecule has 0 aliphatic heterocycles. The van der Waals surface area contributed by atoms with Crippen molar-refractivity contribution in [3.8, 4) is 0 Å². The summed E-state index contributed by atoms with van der Waals surface area (Å²) in [5.74, 6) is -0.382. The molecule has 0 saturated heterocycles. The first kappa shape index (κ1) is 17.2. The van der Waals surface area contributed by atoms with Crippen LogP contribution < -0.4 is 10.6 Å². The molecule has 0 atom stereocenters. The van der Waals surface area contributed by atoms with E-state index in [0.717, 1.165) is 4.70 Å². The zero-order valence-corrected chi connectivity index (χ0v) is 14.8. The summed E-state index contributed by atoms with van der Waals surface area (Å²) in [7, 11) is 0. The molecule has 3 rings (SSSR count). The Kier molecular flexibility index (Phi) is 5.16. The first-order valence-electron chi connectivity index (χ1n) is 7.46. The van der Waals surface area contributed by atoms with Gasteiger partial charge in [0.2, 0.25) is 0 Å². The third-order valence-electron chi connectivity index (χ3n) is 3.22. The van der Waals surface area contributed by atoms with Gasteiger partial charge in [-0.1, -0.05) is 22.9 Å². The molecule has 2 aromatic carbocycles. The number of amides is 2. The molecule has 2 N–H and O–H groups in total. The predicted octanol–water partition coefficient (Wildman–Crippen LogP) is 4.77. The van der Waals surface area contributed by atoms with Crippen LogP contribution in [0.1, 0.15) is 17.3 Å². The Morgan fingerprint density at radius 2 is 1.92 bits per heavy atom. The maximum absolute atomic E-state index is 12.0. The van der Waals surface area contributed by atoms with Gasteiger partial charge in [0.25, 0.3) is 0 Å². The van der Waals surface area contributed by atoms with Gasteiger partial charge in [-0.2, -0.15) is 0 Å². The summed E-state index contributed by atoms with van der Waals surface area (Å²) in [5, 5.41) is 6.39. The van der Waals surface area contributed by atoms with Crippen LogP contribution in [-0.4, -0.2) is 23.6 Å². The van der Waals surface area contributed by atoms with E-state index >= 15 is 0 Å². The number of aromatic nitrogens is 1. The normalized spacial score (nSPS) is 10.5. The van der Waals surface area contributed by atoms with Crippen LogP contribution in [0.2, 0.25) is 5.02 Å². The van der Waals surface area contributed by atoms with Crippen LogP contribution in [0.5, 0.6) is 0 Å². The molecule has 0 spiro atoms. The van der Waals surface area contributed by atoms with E-state index in [1.165, 1.54) is 11.3 Å². The summed E-state index contributed by atoms with van der Waals surface area (Å²) < 4.78 is 5.76. The number of fused-ring (bicyclic) bond motifs is 1. The van der Waals surface area contributed by atoms with Gasteiger partial charge in [0.15, 0.2) is 5.13 Å². The fourth-order valence-electron chi connectivity index (χ4n) is 2.11. The van der Waals surface area contributed by atoms with Crippen LogP contribution >= 0.6 is 22.9 Å². The van der Waals surface area contributed by atoms with Crippen molar-refractivity contribution < 1.29 is 14.3 Å². The number of nitrogens with one attached hydrogen (secondary N) is 2. The van der Waals surface area contributed by atoms with Crippen molar-refractivity contribution in [3.63, 3.8) is 0 Å². The summed E-state index contributed by atoms with van der Waals surface area (Å²) >= 11 is 7.08. The van der Waals surface area contributed by atoms with Crippen molar-refractivity contribution in [1.82, 2.24) is 4.98 Å². The van der Waals surface area contributed by atoms with Gasteiger partial charge >= 0.3 is 12.0 Å². The van der Waals surface area contributed by atoms with E-state index in [4.69, 9.17) is 16.3 Å². The summed E-state index contributed by atoms with van der Waals surface area (Å²) in [4.78, 5) is 28.1. The standard InChI is InChI=1S/C17H14ClN3O3S/c1-2-24-15(22)10-3-8-13-14(9-10)25-17(20-13)21-16(23)19-12-6-4-11(18)5-7-12/h3-9H,2H2,1H3,(H2,19,20,21,23). The molecule has 0 aliphatic rings. The van der Waals surface area contributed by atoms with Gasteiger partial charge in [0, 0.05) is 10.7 Å². The zero-order valence-electron chi connectivity index (χ0n) is 13.2. The van der Waals surface area contributed by atoms with Crippen LogP contribution in [0.4, 0.5) is 15.6 Å². The van der Waals surface area contributed by atoms with Gasteiger partial charge in [-0.15, -0.1) is 0 Å². The van der Waals surface area contributed by atoms with Gasteiger partial charge in [-0.3, -0.25) is 5.32 Å². The topological polar surface area (TPSA) is 80.3 Å². The lowest BCUT2D eigenvalue weighted by Crippen LogP contribution is -2.19. The molecule has 128 valence electrons. The second-order valence-corrected chi connectivity index (χ2v) is 6.48. The van der Waals surface area contributed by atoms with Gasteiger partial charge in [0.05, 0.1) is 22.4 Å². The lowest BCUT2D eigenvalue weighted by atomic mass is 10.2. The number of ether oxygens (including phenoxy) is 1. The number of esters is 1. The van der Waals surface area contributed by atoms with Crippen LogP contribution in [0.15, 0.2) is 42.5 Å². The summed E-state index contributed by atoms with van der Waals surface area (Å²) in [6.45, 7) is 2.07. The van der Waals surface area contributed by atoms with Crippen molar-refractivity contribution in [1.29, 1.82) is 0 Å². The van der Waals surface area contributed by atoms with Crippen LogP contribution in [-0.2, 0) is 4.74 Å². The van der Waals surface area contributed by atoms with E-state index in [1.807, 2.05) is 0 Å². The molecule has 0 radical (unpaired) electrons. The quantitative estimate of drug-likeness (QED) is 0.643. The molecule has 2 amide bonds. The number of urea groups is 1. The Morgan fingerprint density at radius 3 is 2.64 bits per heavy atom. The number of anilines is 2. The van der Waals surface area contributed by atoms with Crippen LogP contribution in [0.3, 0.4) is 0 Å². The second-order valence-electron chi connectivity index (χ2n) is 5.01. The number of hydrogen-bond donors (Lipinski definition) is 2. The third-order valence-corrected chi connectivity index (χ3v) is 4.41. The Hall–Kier alpha value is -2.64. The minimum Gasteiger partial charge on any atom is -0.462 e. The largest absolute Gasteiger partial charge is 0.462 e. The summed E-state index contributed by atoms with van der Waals surface area (Å²) in [6.07, 6.45) is 0. The maximum atomic E-state index is 12.0. The highest BCUT2D eigenvalue weighted by Gasteiger charge is 2.12. The van der Waals surface area contributed by atoms with Crippen LogP contribution in [0.25, 0.3) is 10.2 Å². The van der Waals surface area contributed by atoms with Crippen LogP contribution in [0, 0.1) is 0 Å². The molecule has 25 heavy (non-hydrogen) atoms. The van der Waals surface area contributed by atoms with Gasteiger partial charge in [-0.25, -0.2) is 14.6 Å². The number of carbonyl (C=O) groups is 2. The number of hydrogen-bond acceptors (Lipinski definition) is 5. The molecule has 1 aromatic heterocycles. The van der Waals surface area contributed by atoms with Gasteiger partial charge in [0.1, 0.15) is 0 Å². The highest BCUT2D eigenvalue weighted by molar-refractivity contribution is 7.22. The summed E-state index contributed by atoms with van der Waals surface area (Å²) in [6, 6.07) is 11.4. The minimum atomic E-state index is -0.410. The van der Waals surface area contributed by atoms with Crippen molar-refractivity contribution >= 4 is 56.0 Å². The molecule has 3 aromatic rings. The van der Waals surface area contributed by atoms with E-state index < -0.39 is 6.03 Å². The number of thiazole rings is 1. The van der Waals surface area contributed by atoms with Gasteiger partial charge < -0.3 is 10.1 Å². The Morgan fingerprint density at radius 1 is 1.16 bits per heavy atom. The molecule has 1 heterocycles. The third kappa shape index (κ3) is 4.26. The Labute approximate surface area is 152 Å². The highest BCUT2D eigenvalue weighted by Crippen LogP contribution is 2.27. The molecule has 8 heteroatoms. The average molecular weight is 376 g/mol. The van der Waals surface area contributed by atoms with Gasteiger partial charge in [-0.05, 0) is 49.4 Å². The monoisotopic (exact) mass is 375 g/mol. The molecule has 0 fully saturated rings. The number of carbonyl (C=O) groups excluding carboxylic acids is 2. The van der Waals surface area contributed by atoms with E-state index in [9.17, 15) is 9.59 Å². The molecule has 0 saturated carbocycles. The lowest BCUT2D eigenvalue weighted by molar-refractivity contribution is 0.0526. The van der Waals surface area contributed by atoms with E-state index in [2.05, 4.69) is 15.6 Å². The maximum Gasteiger partial charge on any atom is 0.338 e. The average Bonchev–Trinajstić information content (AvgIpc) is 2.98. The Balaban J connectivity index is 1.72. The number of benzene rings is 2. The minimum absolute atomic E-state index is 0.317. The van der Waals surface area contributed by atoms with Crippen molar-refractivity contribution in [3.05, 3.63) is 53.1 Å². The molecule has 6 nitrogen and oxygen atoms in total. The predicted molar refractivity (Wildman–Crippen MR) is 99.7 cm³/mol. The van der Waals surface area contributed by atoms with Crippen molar-refractivity contribution in [2.45, 2.75) is 6.92 Å². The molecular formula is C17H14ClN3O3S. The first-order valence-corrected chi connectivity index (χ1v) is 8.66. The van der Waals surface area contributed by atoms with Crippen molar-refractivity contribution in [2.75, 3.05) is 17.2 Å². The highest BCUT2D eigenvalue weighted by atomic mass is 35.5. The Bertz CT molecular complexity index is 925. The van der Waals surface area contributed by atoms with E-state index in [-0.39, 0.29) is 5.97 Å². The van der Waals surface area contributed by atoms with Crippen molar-refractivity contribution in [2.24, 2.45) is 0 Å². The molecular weight excluding hydrogens is 362 g/mol. The second kappa shape index (κ2) is 7.50. The molecule has 0 aliphatic carbocycles. The summed E-state index contributed by atoms with van der Waals surface area (Å²) in [5.41, 5.74) is 1.77. The smallest absolute Gasteiger partial charge is 0.338 e. The fourth-order valence-corrected chi connectivity index (χ4v) is 3.14. The SMILES string of the molecule is CCOC(=O)c1ccc2nc(NC(=O)Nc3ccc(Cl)cc3)sc2c1. The first-order chi connectivity index (χ1) is 12.0. The van der Waals surface area contributed by atoms with E-state index in [0.29, 0.717) is 33.5 Å². The molecule has 0 unspecified atom stereocenters. The number of nitrogens with zero attached hydrogens (tertiary/aromatic N) is 1. The number of rotatable bonds is 4.